The van der Waals surface area contributed by atoms with Crippen LogP contribution in [-0.4, -0.2) is 53.8 Å². The summed E-state index contributed by atoms with van der Waals surface area (Å²) in [5.41, 5.74) is 2.47. The highest BCUT2D eigenvalue weighted by Gasteiger charge is 2.22. The number of rotatable bonds is 6. The molecular weight excluding hydrogens is 348 g/mol. The molecule has 0 saturated carbocycles. The van der Waals surface area contributed by atoms with E-state index in [9.17, 15) is 10.1 Å². The maximum Gasteiger partial charge on any atom is 0.266 e. The Morgan fingerprint density at radius 2 is 1.46 bits per heavy atom. The van der Waals surface area contributed by atoms with Gasteiger partial charge in [-0.05, 0) is 18.2 Å². The van der Waals surface area contributed by atoms with Crippen LogP contribution in [0.15, 0.2) is 72.4 Å². The lowest BCUT2D eigenvalue weighted by Crippen LogP contribution is -2.47. The van der Waals surface area contributed by atoms with Crippen LogP contribution in [0.1, 0.15) is 11.1 Å². The first kappa shape index (κ1) is 19.7. The van der Waals surface area contributed by atoms with Gasteiger partial charge in [-0.25, -0.2) is 0 Å². The van der Waals surface area contributed by atoms with Crippen LogP contribution in [0.4, 0.5) is 0 Å². The Morgan fingerprint density at radius 1 is 0.964 bits per heavy atom. The molecule has 1 amide bonds. The zero-order valence-corrected chi connectivity index (χ0v) is 16.3. The van der Waals surface area contributed by atoms with E-state index in [0.29, 0.717) is 26.2 Å². The second-order valence-electron chi connectivity index (χ2n) is 7.13. The molecule has 0 N–H and O–H groups in total. The number of benzene rings is 2. The van der Waals surface area contributed by atoms with Gasteiger partial charge in [-0.15, -0.1) is 0 Å². The van der Waals surface area contributed by atoms with E-state index in [2.05, 4.69) is 35.2 Å². The fraction of sp³-hybridized carbons (Fsp3) is 0.304. The van der Waals surface area contributed by atoms with Crippen molar-refractivity contribution in [3.8, 4) is 6.07 Å². The number of nitrogens with zero attached hydrogens (tertiary/aromatic N) is 4. The monoisotopic (exact) mass is 374 g/mol. The normalized spacial score (nSPS) is 15.1. The van der Waals surface area contributed by atoms with Crippen molar-refractivity contribution in [2.45, 2.75) is 13.1 Å². The molecule has 2 aromatic rings. The number of amides is 1. The Balaban J connectivity index is 1.80. The second-order valence-corrected chi connectivity index (χ2v) is 7.13. The van der Waals surface area contributed by atoms with Crippen molar-refractivity contribution in [3.63, 3.8) is 0 Å². The van der Waals surface area contributed by atoms with Crippen LogP contribution in [0, 0.1) is 11.3 Å². The van der Waals surface area contributed by atoms with E-state index in [-0.39, 0.29) is 11.5 Å². The summed E-state index contributed by atoms with van der Waals surface area (Å²) in [6.45, 7) is 4.26. The van der Waals surface area contributed by atoms with E-state index in [1.807, 2.05) is 48.3 Å². The minimum atomic E-state index is -0.179. The number of likely N-dealkylation sites (N-methyl/N-ethyl adjacent to an activating group) is 1. The number of carbonyl (C=O) groups excluding carboxylic acids is 1. The van der Waals surface area contributed by atoms with Gasteiger partial charge in [0.15, 0.2) is 0 Å². The maximum atomic E-state index is 12.9. The summed E-state index contributed by atoms with van der Waals surface area (Å²) in [6, 6.07) is 22.3. The highest BCUT2D eigenvalue weighted by Crippen LogP contribution is 2.14. The van der Waals surface area contributed by atoms with Gasteiger partial charge >= 0.3 is 0 Å². The average Bonchev–Trinajstić information content (AvgIpc) is 2.73. The summed E-state index contributed by atoms with van der Waals surface area (Å²) in [5, 5.41) is 9.66. The van der Waals surface area contributed by atoms with Crippen LogP contribution < -0.4 is 0 Å². The summed E-state index contributed by atoms with van der Waals surface area (Å²) < 4.78 is 0. The predicted octanol–water partition coefficient (Wildman–Crippen LogP) is 2.87. The standard InChI is InChI=1S/C23H26N4O/c1-25-12-14-27(15-13-25)23(28)22(16-24)19-26(17-20-8-4-2-5-9-20)18-21-10-6-3-7-11-21/h2-11,19H,12-15,17-18H2,1H3/b22-19-. The summed E-state index contributed by atoms with van der Waals surface area (Å²) in [4.78, 5) is 18.9. The third-order valence-corrected chi connectivity index (χ3v) is 4.91. The van der Waals surface area contributed by atoms with Crippen molar-refractivity contribution in [2.75, 3.05) is 33.2 Å². The Bertz CT molecular complexity index is 792. The van der Waals surface area contributed by atoms with Gasteiger partial charge in [0.25, 0.3) is 5.91 Å². The zero-order valence-electron chi connectivity index (χ0n) is 16.3. The molecule has 1 fully saturated rings. The van der Waals surface area contributed by atoms with Gasteiger partial charge in [-0.2, -0.15) is 5.26 Å². The molecule has 3 rings (SSSR count). The number of nitriles is 1. The van der Waals surface area contributed by atoms with Crippen LogP contribution in [-0.2, 0) is 17.9 Å². The molecule has 2 aromatic carbocycles. The van der Waals surface area contributed by atoms with Gasteiger partial charge < -0.3 is 14.7 Å². The van der Waals surface area contributed by atoms with Gasteiger partial charge in [-0.3, -0.25) is 4.79 Å². The second kappa shape index (κ2) is 9.72. The first-order chi connectivity index (χ1) is 13.7. The minimum absolute atomic E-state index is 0.179. The average molecular weight is 374 g/mol. The van der Waals surface area contributed by atoms with Crippen LogP contribution in [0.2, 0.25) is 0 Å². The lowest BCUT2D eigenvalue weighted by atomic mass is 10.1. The number of piperazine rings is 1. The molecule has 28 heavy (non-hydrogen) atoms. The quantitative estimate of drug-likeness (QED) is 0.576. The van der Waals surface area contributed by atoms with Crippen molar-refractivity contribution < 1.29 is 4.79 Å². The molecule has 5 nitrogen and oxygen atoms in total. The molecule has 0 aliphatic carbocycles. The van der Waals surface area contributed by atoms with E-state index in [0.717, 1.165) is 24.2 Å². The van der Waals surface area contributed by atoms with Crippen molar-refractivity contribution >= 4 is 5.91 Å². The summed E-state index contributed by atoms with van der Waals surface area (Å²) >= 11 is 0. The Hall–Kier alpha value is -3.10. The molecular formula is C23H26N4O. The van der Waals surface area contributed by atoms with E-state index in [1.165, 1.54) is 0 Å². The molecule has 5 heteroatoms. The van der Waals surface area contributed by atoms with Gasteiger partial charge in [0, 0.05) is 45.5 Å². The molecule has 0 atom stereocenters. The molecule has 0 unspecified atom stereocenters. The number of hydrogen-bond donors (Lipinski definition) is 0. The highest BCUT2D eigenvalue weighted by molar-refractivity contribution is 5.97. The van der Waals surface area contributed by atoms with Gasteiger partial charge in [0.05, 0.1) is 0 Å². The third kappa shape index (κ3) is 5.45. The maximum absolute atomic E-state index is 12.9. The Morgan fingerprint density at radius 3 is 1.93 bits per heavy atom. The van der Waals surface area contributed by atoms with Crippen molar-refractivity contribution in [3.05, 3.63) is 83.6 Å². The van der Waals surface area contributed by atoms with Gasteiger partial charge in [0.2, 0.25) is 0 Å². The topological polar surface area (TPSA) is 50.6 Å². The fourth-order valence-electron chi connectivity index (χ4n) is 3.28. The van der Waals surface area contributed by atoms with Crippen molar-refractivity contribution in [1.29, 1.82) is 5.26 Å². The fourth-order valence-corrected chi connectivity index (χ4v) is 3.28. The largest absolute Gasteiger partial charge is 0.367 e. The van der Waals surface area contributed by atoms with E-state index < -0.39 is 0 Å². The first-order valence-corrected chi connectivity index (χ1v) is 9.57. The van der Waals surface area contributed by atoms with Crippen molar-refractivity contribution in [1.82, 2.24) is 14.7 Å². The SMILES string of the molecule is CN1CCN(C(=O)/C(C#N)=C\N(Cc2ccccc2)Cc2ccccc2)CC1. The zero-order chi connectivity index (χ0) is 19.8. The summed E-state index contributed by atoms with van der Waals surface area (Å²) in [7, 11) is 2.05. The molecule has 0 spiro atoms. The van der Waals surface area contributed by atoms with Crippen LogP contribution in [0.3, 0.4) is 0 Å². The smallest absolute Gasteiger partial charge is 0.266 e. The molecule has 0 bridgehead atoms. The number of carbonyl (C=O) groups is 1. The summed E-state index contributed by atoms with van der Waals surface area (Å²) in [6.07, 6.45) is 1.72. The third-order valence-electron chi connectivity index (χ3n) is 4.91. The highest BCUT2D eigenvalue weighted by atomic mass is 16.2. The summed E-state index contributed by atoms with van der Waals surface area (Å²) in [5.74, 6) is -0.179. The van der Waals surface area contributed by atoms with E-state index >= 15 is 0 Å². The van der Waals surface area contributed by atoms with Crippen LogP contribution in [0.25, 0.3) is 0 Å². The number of hydrogen-bond acceptors (Lipinski definition) is 4. The van der Waals surface area contributed by atoms with Gasteiger partial charge in [-0.1, -0.05) is 60.7 Å². The van der Waals surface area contributed by atoms with Crippen molar-refractivity contribution in [2.24, 2.45) is 0 Å². The van der Waals surface area contributed by atoms with E-state index in [1.54, 1.807) is 11.1 Å². The first-order valence-electron chi connectivity index (χ1n) is 9.57. The predicted molar refractivity (Wildman–Crippen MR) is 110 cm³/mol. The lowest BCUT2D eigenvalue weighted by Gasteiger charge is -2.32. The molecule has 144 valence electrons. The molecule has 1 aliphatic rings. The van der Waals surface area contributed by atoms with Crippen LogP contribution in [0.5, 0.6) is 0 Å². The van der Waals surface area contributed by atoms with Crippen LogP contribution >= 0.6 is 0 Å². The Kier molecular flexibility index (Phi) is 6.83. The lowest BCUT2D eigenvalue weighted by molar-refractivity contribution is -0.128. The van der Waals surface area contributed by atoms with E-state index in [4.69, 9.17) is 0 Å². The molecule has 0 radical (unpaired) electrons. The molecule has 0 aromatic heterocycles. The Labute approximate surface area is 167 Å². The molecule has 1 saturated heterocycles. The minimum Gasteiger partial charge on any atom is -0.367 e. The van der Waals surface area contributed by atoms with Gasteiger partial charge in [0.1, 0.15) is 11.6 Å². The molecule has 1 heterocycles. The molecule has 1 aliphatic heterocycles.